The lowest BCUT2D eigenvalue weighted by Crippen LogP contribution is -2.31. The monoisotopic (exact) mass is 462 g/mol. The molecule has 0 heterocycles. The van der Waals surface area contributed by atoms with Gasteiger partial charge in [0.1, 0.15) is 0 Å². The van der Waals surface area contributed by atoms with Gasteiger partial charge in [0.15, 0.2) is 0 Å². The van der Waals surface area contributed by atoms with E-state index in [2.05, 4.69) is 17.1 Å². The Balaban J connectivity index is 1.71. The summed E-state index contributed by atoms with van der Waals surface area (Å²) in [5, 5.41) is 4.00. The summed E-state index contributed by atoms with van der Waals surface area (Å²) in [5.41, 5.74) is 5.19. The van der Waals surface area contributed by atoms with Crippen LogP contribution in [-0.4, -0.2) is 41.2 Å². The van der Waals surface area contributed by atoms with Crippen LogP contribution < -0.4 is 14.6 Å². The maximum Gasteiger partial charge on any atom is 0.271 e. The predicted octanol–water partition coefficient (Wildman–Crippen LogP) is 3.90. The summed E-state index contributed by atoms with van der Waals surface area (Å²) < 4.78 is 27.3. The Morgan fingerprint density at radius 2 is 1.55 bits per heavy atom. The molecule has 0 fully saturated rings. The SMILES string of the molecule is C=CCN(c1ccc(C(=O)N/N=C\c2ccc(N(C)C)cc2)cc1)S(=O)(=O)c1ccccc1. The van der Waals surface area contributed by atoms with Crippen LogP contribution in [0.5, 0.6) is 0 Å². The topological polar surface area (TPSA) is 82.1 Å². The average molecular weight is 463 g/mol. The number of carbonyl (C=O) groups excluding carboxylic acids is 1. The minimum Gasteiger partial charge on any atom is -0.378 e. The molecule has 1 amide bonds. The van der Waals surface area contributed by atoms with Gasteiger partial charge in [0.25, 0.3) is 15.9 Å². The summed E-state index contributed by atoms with van der Waals surface area (Å²) in [5.74, 6) is -0.399. The van der Waals surface area contributed by atoms with Gasteiger partial charge in [-0.05, 0) is 54.1 Å². The van der Waals surface area contributed by atoms with E-state index in [0.29, 0.717) is 11.3 Å². The molecular formula is C25H26N4O3S. The van der Waals surface area contributed by atoms with Gasteiger partial charge in [-0.1, -0.05) is 36.4 Å². The van der Waals surface area contributed by atoms with Crippen molar-refractivity contribution >= 4 is 33.5 Å². The van der Waals surface area contributed by atoms with Crippen molar-refractivity contribution < 1.29 is 13.2 Å². The predicted molar refractivity (Wildman–Crippen MR) is 133 cm³/mol. The summed E-state index contributed by atoms with van der Waals surface area (Å²) in [6.45, 7) is 3.76. The summed E-state index contributed by atoms with van der Waals surface area (Å²) in [6, 6.07) is 22.2. The minimum absolute atomic E-state index is 0.0969. The van der Waals surface area contributed by atoms with Gasteiger partial charge in [-0.25, -0.2) is 13.8 Å². The van der Waals surface area contributed by atoms with Crippen molar-refractivity contribution in [3.63, 3.8) is 0 Å². The zero-order valence-electron chi connectivity index (χ0n) is 18.5. The number of hydrogen-bond donors (Lipinski definition) is 1. The van der Waals surface area contributed by atoms with E-state index >= 15 is 0 Å². The van der Waals surface area contributed by atoms with Gasteiger partial charge in [-0.3, -0.25) is 9.10 Å². The van der Waals surface area contributed by atoms with Crippen LogP contribution in [0.2, 0.25) is 0 Å². The Hall–Kier alpha value is -3.91. The molecule has 0 aromatic heterocycles. The van der Waals surface area contributed by atoms with Crippen molar-refractivity contribution in [1.29, 1.82) is 0 Å². The summed E-state index contributed by atoms with van der Waals surface area (Å²) in [6.07, 6.45) is 3.07. The maximum absolute atomic E-state index is 13.1. The van der Waals surface area contributed by atoms with E-state index in [4.69, 9.17) is 0 Å². The Kier molecular flexibility index (Phi) is 7.63. The van der Waals surface area contributed by atoms with Crippen LogP contribution in [0.1, 0.15) is 15.9 Å². The lowest BCUT2D eigenvalue weighted by Gasteiger charge is -2.23. The first-order valence-electron chi connectivity index (χ1n) is 10.2. The fraction of sp³-hybridized carbons (Fsp3) is 0.120. The number of hydrazone groups is 1. The van der Waals surface area contributed by atoms with Crippen molar-refractivity contribution in [1.82, 2.24) is 5.43 Å². The average Bonchev–Trinajstić information content (AvgIpc) is 2.83. The van der Waals surface area contributed by atoms with Crippen LogP contribution in [0.15, 0.2) is 102 Å². The molecule has 0 aliphatic carbocycles. The second-order valence-electron chi connectivity index (χ2n) is 7.37. The smallest absolute Gasteiger partial charge is 0.271 e. The number of carbonyl (C=O) groups is 1. The van der Waals surface area contributed by atoms with Crippen molar-refractivity contribution in [3.05, 3.63) is 103 Å². The van der Waals surface area contributed by atoms with Crippen molar-refractivity contribution in [2.75, 3.05) is 29.8 Å². The molecule has 170 valence electrons. The second-order valence-corrected chi connectivity index (χ2v) is 9.23. The van der Waals surface area contributed by atoms with Gasteiger partial charge >= 0.3 is 0 Å². The summed E-state index contributed by atoms with van der Waals surface area (Å²) in [7, 11) is 0.153. The zero-order chi connectivity index (χ0) is 23.8. The molecule has 3 aromatic carbocycles. The number of sulfonamides is 1. The van der Waals surface area contributed by atoms with Crippen LogP contribution in [0.4, 0.5) is 11.4 Å². The van der Waals surface area contributed by atoms with E-state index in [1.807, 2.05) is 43.3 Å². The quantitative estimate of drug-likeness (QED) is 0.297. The zero-order valence-corrected chi connectivity index (χ0v) is 19.4. The molecule has 0 aliphatic rings. The molecule has 0 aliphatic heterocycles. The first kappa shape index (κ1) is 23.7. The third-order valence-electron chi connectivity index (χ3n) is 4.83. The third-order valence-corrected chi connectivity index (χ3v) is 6.64. The molecule has 0 saturated carbocycles. The largest absolute Gasteiger partial charge is 0.378 e. The normalized spacial score (nSPS) is 11.2. The molecule has 3 rings (SSSR count). The van der Waals surface area contributed by atoms with E-state index in [1.54, 1.807) is 60.8 Å². The van der Waals surface area contributed by atoms with E-state index in [9.17, 15) is 13.2 Å². The van der Waals surface area contributed by atoms with Gasteiger partial charge in [0.05, 0.1) is 23.3 Å². The first-order chi connectivity index (χ1) is 15.8. The summed E-state index contributed by atoms with van der Waals surface area (Å²) in [4.78, 5) is 14.6. The Labute approximate surface area is 194 Å². The number of rotatable bonds is 9. The van der Waals surface area contributed by atoms with Crippen molar-refractivity contribution in [2.24, 2.45) is 5.10 Å². The van der Waals surface area contributed by atoms with Crippen molar-refractivity contribution in [3.8, 4) is 0 Å². The molecule has 8 heteroatoms. The molecule has 0 spiro atoms. The molecule has 1 N–H and O–H groups in total. The Morgan fingerprint density at radius 3 is 2.12 bits per heavy atom. The molecule has 0 bridgehead atoms. The molecule has 0 unspecified atom stereocenters. The molecular weight excluding hydrogens is 436 g/mol. The van der Waals surface area contributed by atoms with E-state index in [0.717, 1.165) is 11.3 Å². The Bertz CT molecular complexity index is 1220. The van der Waals surface area contributed by atoms with Gasteiger partial charge in [0.2, 0.25) is 0 Å². The van der Waals surface area contributed by atoms with Gasteiger partial charge in [0, 0.05) is 25.3 Å². The third kappa shape index (κ3) is 5.87. The summed E-state index contributed by atoms with van der Waals surface area (Å²) >= 11 is 0. The second kappa shape index (κ2) is 10.6. The van der Waals surface area contributed by atoms with E-state index in [-0.39, 0.29) is 11.4 Å². The van der Waals surface area contributed by atoms with Gasteiger partial charge < -0.3 is 4.90 Å². The number of hydrogen-bond acceptors (Lipinski definition) is 5. The highest BCUT2D eigenvalue weighted by Gasteiger charge is 2.23. The first-order valence-corrected chi connectivity index (χ1v) is 11.7. The highest BCUT2D eigenvalue weighted by Crippen LogP contribution is 2.24. The van der Waals surface area contributed by atoms with Gasteiger partial charge in [-0.2, -0.15) is 5.10 Å². The maximum atomic E-state index is 13.1. The number of nitrogens with zero attached hydrogens (tertiary/aromatic N) is 3. The molecule has 0 saturated heterocycles. The van der Waals surface area contributed by atoms with E-state index < -0.39 is 15.9 Å². The fourth-order valence-corrected chi connectivity index (χ4v) is 4.50. The Morgan fingerprint density at radius 1 is 0.939 bits per heavy atom. The molecule has 3 aromatic rings. The molecule has 0 radical (unpaired) electrons. The van der Waals surface area contributed by atoms with Crippen LogP contribution >= 0.6 is 0 Å². The van der Waals surface area contributed by atoms with Crippen molar-refractivity contribution in [2.45, 2.75) is 4.90 Å². The van der Waals surface area contributed by atoms with Crippen LogP contribution in [0.25, 0.3) is 0 Å². The van der Waals surface area contributed by atoms with Crippen LogP contribution in [0, 0.1) is 0 Å². The fourth-order valence-electron chi connectivity index (χ4n) is 3.05. The van der Waals surface area contributed by atoms with Crippen LogP contribution in [-0.2, 0) is 10.0 Å². The molecule has 33 heavy (non-hydrogen) atoms. The lowest BCUT2D eigenvalue weighted by molar-refractivity contribution is 0.0955. The van der Waals surface area contributed by atoms with Crippen LogP contribution in [0.3, 0.4) is 0 Å². The minimum atomic E-state index is -3.77. The number of amides is 1. The van der Waals surface area contributed by atoms with E-state index in [1.165, 1.54) is 10.4 Å². The lowest BCUT2D eigenvalue weighted by atomic mass is 10.2. The number of benzene rings is 3. The highest BCUT2D eigenvalue weighted by atomic mass is 32.2. The highest BCUT2D eigenvalue weighted by molar-refractivity contribution is 7.92. The van der Waals surface area contributed by atoms with Gasteiger partial charge in [-0.15, -0.1) is 6.58 Å². The number of anilines is 2. The molecule has 0 atom stereocenters. The standard InChI is InChI=1S/C25H26N4O3S/c1-4-18-29(33(31,32)24-8-6-5-7-9-24)23-16-12-21(13-17-23)25(30)27-26-19-20-10-14-22(15-11-20)28(2)3/h4-17,19H,1,18H2,2-3H3,(H,27,30)/b26-19-. The molecule has 7 nitrogen and oxygen atoms in total. The number of nitrogens with one attached hydrogen (secondary N) is 1.